The van der Waals surface area contributed by atoms with E-state index in [0.717, 1.165) is 18.9 Å². The van der Waals surface area contributed by atoms with Crippen molar-refractivity contribution in [3.63, 3.8) is 0 Å². The third kappa shape index (κ3) is 4.42. The zero-order valence-corrected chi connectivity index (χ0v) is 11.0. The molecule has 2 N–H and O–H groups in total. The Morgan fingerprint density at radius 3 is 2.31 bits per heavy atom. The lowest BCUT2D eigenvalue weighted by Crippen LogP contribution is -2.31. The van der Waals surface area contributed by atoms with Crippen LogP contribution in [0.5, 0.6) is 0 Å². The molecule has 1 rings (SSSR count). The van der Waals surface area contributed by atoms with E-state index in [0.29, 0.717) is 18.6 Å². The van der Waals surface area contributed by atoms with E-state index in [-0.39, 0.29) is 0 Å². The van der Waals surface area contributed by atoms with E-state index in [2.05, 4.69) is 19.2 Å². The Kier molecular flexibility index (Phi) is 7.06. The van der Waals surface area contributed by atoms with Crippen molar-refractivity contribution in [3.05, 3.63) is 0 Å². The van der Waals surface area contributed by atoms with Gasteiger partial charge in [-0.3, -0.25) is 0 Å². The van der Waals surface area contributed by atoms with Crippen LogP contribution >= 0.6 is 0 Å². The molecule has 1 aliphatic carbocycles. The molecule has 1 saturated carbocycles. The third-order valence-corrected chi connectivity index (χ3v) is 4.23. The molecule has 0 aromatic carbocycles. The van der Waals surface area contributed by atoms with Crippen molar-refractivity contribution in [2.24, 2.45) is 11.8 Å². The quantitative estimate of drug-likeness (QED) is 0.668. The third-order valence-electron chi connectivity index (χ3n) is 4.23. The summed E-state index contributed by atoms with van der Waals surface area (Å²) < 4.78 is 0. The summed E-state index contributed by atoms with van der Waals surface area (Å²) in [6, 6.07) is 0.669. The average Bonchev–Trinajstić information content (AvgIpc) is 2.83. The molecule has 0 aromatic heterocycles. The molecular formula is C14H29NO. The molecule has 0 heterocycles. The molecule has 2 heteroatoms. The second kappa shape index (κ2) is 8.08. The lowest BCUT2D eigenvalue weighted by molar-refractivity contribution is 0.166. The minimum Gasteiger partial charge on any atom is -0.396 e. The number of nitrogens with one attached hydrogen (secondary N) is 1. The van der Waals surface area contributed by atoms with Crippen LogP contribution < -0.4 is 5.32 Å². The van der Waals surface area contributed by atoms with Gasteiger partial charge in [-0.05, 0) is 37.6 Å². The van der Waals surface area contributed by atoms with Crippen LogP contribution in [-0.4, -0.2) is 24.3 Å². The Morgan fingerprint density at radius 2 is 1.81 bits per heavy atom. The van der Waals surface area contributed by atoms with E-state index in [1.807, 2.05) is 0 Å². The van der Waals surface area contributed by atoms with Crippen LogP contribution in [0, 0.1) is 11.8 Å². The second-order valence-corrected chi connectivity index (χ2v) is 5.24. The van der Waals surface area contributed by atoms with Crippen LogP contribution in [0.2, 0.25) is 0 Å². The molecule has 0 spiro atoms. The largest absolute Gasteiger partial charge is 0.396 e. The van der Waals surface area contributed by atoms with E-state index < -0.39 is 0 Å². The molecule has 1 atom stereocenters. The summed E-state index contributed by atoms with van der Waals surface area (Å²) in [6.07, 6.45) is 9.01. The maximum atomic E-state index is 9.44. The minimum absolute atomic E-state index is 0.384. The fourth-order valence-corrected chi connectivity index (χ4v) is 2.96. The van der Waals surface area contributed by atoms with Crippen LogP contribution in [0.1, 0.15) is 58.8 Å². The van der Waals surface area contributed by atoms with Crippen molar-refractivity contribution < 1.29 is 5.11 Å². The lowest BCUT2D eigenvalue weighted by Gasteiger charge is -2.23. The van der Waals surface area contributed by atoms with Crippen LogP contribution in [0.15, 0.2) is 0 Å². The van der Waals surface area contributed by atoms with Gasteiger partial charge in [0, 0.05) is 12.6 Å². The highest BCUT2D eigenvalue weighted by Crippen LogP contribution is 2.32. The molecular weight excluding hydrogens is 198 g/mol. The summed E-state index contributed by atoms with van der Waals surface area (Å²) in [5.74, 6) is 1.35. The molecule has 96 valence electrons. The molecule has 1 unspecified atom stereocenters. The van der Waals surface area contributed by atoms with Crippen molar-refractivity contribution in [1.82, 2.24) is 5.32 Å². The zero-order chi connectivity index (χ0) is 11.8. The summed E-state index contributed by atoms with van der Waals surface area (Å²) in [5.41, 5.74) is 0. The predicted octanol–water partition coefficient (Wildman–Crippen LogP) is 2.95. The summed E-state index contributed by atoms with van der Waals surface area (Å²) >= 11 is 0. The van der Waals surface area contributed by atoms with E-state index >= 15 is 0 Å². The van der Waals surface area contributed by atoms with Gasteiger partial charge in [-0.25, -0.2) is 0 Å². The Labute approximate surface area is 101 Å². The summed E-state index contributed by atoms with van der Waals surface area (Å²) in [7, 11) is 0. The standard InChI is InChI=1S/C14H29NO/c1-3-14(4-2)15-10-9-13(11-16)12-7-5-6-8-12/h12-16H,3-11H2,1-2H3. The van der Waals surface area contributed by atoms with E-state index in [9.17, 15) is 5.11 Å². The van der Waals surface area contributed by atoms with E-state index in [1.54, 1.807) is 0 Å². The summed E-state index contributed by atoms with van der Waals surface area (Å²) in [6.45, 7) is 5.94. The highest BCUT2D eigenvalue weighted by atomic mass is 16.3. The van der Waals surface area contributed by atoms with E-state index in [1.165, 1.54) is 38.5 Å². The number of hydrogen-bond acceptors (Lipinski definition) is 2. The van der Waals surface area contributed by atoms with Gasteiger partial charge in [-0.2, -0.15) is 0 Å². The van der Waals surface area contributed by atoms with Crippen LogP contribution in [-0.2, 0) is 0 Å². The number of aliphatic hydroxyl groups excluding tert-OH is 1. The average molecular weight is 227 g/mol. The van der Waals surface area contributed by atoms with Crippen molar-refractivity contribution in [1.29, 1.82) is 0 Å². The Balaban J connectivity index is 2.17. The van der Waals surface area contributed by atoms with Gasteiger partial charge < -0.3 is 10.4 Å². The Bertz CT molecular complexity index is 162. The second-order valence-electron chi connectivity index (χ2n) is 5.24. The topological polar surface area (TPSA) is 32.3 Å². The molecule has 0 amide bonds. The zero-order valence-electron chi connectivity index (χ0n) is 11.0. The van der Waals surface area contributed by atoms with Crippen LogP contribution in [0.3, 0.4) is 0 Å². The molecule has 1 aliphatic rings. The van der Waals surface area contributed by atoms with Crippen molar-refractivity contribution in [2.45, 2.75) is 64.8 Å². The Hall–Kier alpha value is -0.0800. The van der Waals surface area contributed by atoms with Crippen molar-refractivity contribution >= 4 is 0 Å². The first kappa shape index (κ1) is 14.0. The van der Waals surface area contributed by atoms with Crippen LogP contribution in [0.25, 0.3) is 0 Å². The van der Waals surface area contributed by atoms with E-state index in [4.69, 9.17) is 0 Å². The first-order valence-electron chi connectivity index (χ1n) is 7.16. The summed E-state index contributed by atoms with van der Waals surface area (Å²) in [5, 5.41) is 13.0. The van der Waals surface area contributed by atoms with Gasteiger partial charge in [0.1, 0.15) is 0 Å². The van der Waals surface area contributed by atoms with Gasteiger partial charge in [0.25, 0.3) is 0 Å². The molecule has 0 aromatic rings. The molecule has 0 saturated heterocycles. The monoisotopic (exact) mass is 227 g/mol. The predicted molar refractivity (Wildman–Crippen MR) is 69.5 cm³/mol. The smallest absolute Gasteiger partial charge is 0.0462 e. The molecule has 16 heavy (non-hydrogen) atoms. The number of hydrogen-bond donors (Lipinski definition) is 2. The van der Waals surface area contributed by atoms with Crippen molar-refractivity contribution in [2.75, 3.05) is 13.2 Å². The molecule has 0 aliphatic heterocycles. The lowest BCUT2D eigenvalue weighted by atomic mass is 9.89. The summed E-state index contributed by atoms with van der Waals surface area (Å²) in [4.78, 5) is 0. The molecule has 1 fully saturated rings. The minimum atomic E-state index is 0.384. The molecule has 2 nitrogen and oxygen atoms in total. The normalized spacial score (nSPS) is 19.5. The highest BCUT2D eigenvalue weighted by molar-refractivity contribution is 4.76. The van der Waals surface area contributed by atoms with Gasteiger partial charge in [-0.1, -0.05) is 39.5 Å². The van der Waals surface area contributed by atoms with Crippen molar-refractivity contribution in [3.8, 4) is 0 Å². The fourth-order valence-electron chi connectivity index (χ4n) is 2.96. The van der Waals surface area contributed by atoms with Gasteiger partial charge in [0.15, 0.2) is 0 Å². The number of aliphatic hydroxyl groups is 1. The highest BCUT2D eigenvalue weighted by Gasteiger charge is 2.23. The van der Waals surface area contributed by atoms with Gasteiger partial charge in [0.05, 0.1) is 0 Å². The fraction of sp³-hybridized carbons (Fsp3) is 1.00. The number of rotatable bonds is 8. The van der Waals surface area contributed by atoms with Gasteiger partial charge in [-0.15, -0.1) is 0 Å². The molecule has 0 bridgehead atoms. The van der Waals surface area contributed by atoms with Gasteiger partial charge in [0.2, 0.25) is 0 Å². The van der Waals surface area contributed by atoms with Crippen LogP contribution in [0.4, 0.5) is 0 Å². The van der Waals surface area contributed by atoms with Gasteiger partial charge >= 0.3 is 0 Å². The first-order valence-corrected chi connectivity index (χ1v) is 7.16. The maximum Gasteiger partial charge on any atom is 0.0462 e. The molecule has 0 radical (unpaired) electrons. The maximum absolute atomic E-state index is 9.44. The SMILES string of the molecule is CCC(CC)NCCC(CO)C1CCCC1. The first-order chi connectivity index (χ1) is 7.81. The Morgan fingerprint density at radius 1 is 1.19 bits per heavy atom.